The number of halogens is 2. The molecule has 1 aromatic rings. The molecule has 0 aliphatic carbocycles. The molecule has 3 nitrogen and oxygen atoms in total. The lowest BCUT2D eigenvalue weighted by Crippen LogP contribution is -2.46. The van der Waals surface area contributed by atoms with E-state index in [4.69, 9.17) is 11.6 Å². The number of piperidine rings is 1. The Hall–Kier alpha value is -0.330. The smallest absolute Gasteiger partial charge is 0.231 e. The summed E-state index contributed by atoms with van der Waals surface area (Å²) < 4.78 is 1.06. The van der Waals surface area contributed by atoms with Gasteiger partial charge in [0.15, 0.2) is 0 Å². The first kappa shape index (κ1) is 14.1. The Morgan fingerprint density at radius 1 is 1.56 bits per heavy atom. The van der Waals surface area contributed by atoms with Gasteiger partial charge in [-0.1, -0.05) is 11.6 Å². The number of hydrogen-bond donors (Lipinski definition) is 2. The minimum atomic E-state index is -0.343. The molecule has 1 aliphatic heterocycles. The van der Waals surface area contributed by atoms with Crippen molar-refractivity contribution in [2.24, 2.45) is 5.41 Å². The van der Waals surface area contributed by atoms with Crippen LogP contribution in [0, 0.1) is 8.99 Å². The van der Waals surface area contributed by atoms with Crippen LogP contribution < -0.4 is 10.6 Å². The van der Waals surface area contributed by atoms with Crippen LogP contribution >= 0.6 is 34.2 Å². The van der Waals surface area contributed by atoms with Gasteiger partial charge >= 0.3 is 0 Å². The van der Waals surface area contributed by atoms with Crippen molar-refractivity contribution in [3.63, 3.8) is 0 Å². The van der Waals surface area contributed by atoms with Crippen molar-refractivity contribution in [2.45, 2.75) is 19.8 Å². The van der Waals surface area contributed by atoms with Gasteiger partial charge in [-0.05, 0) is 67.1 Å². The first-order valence-corrected chi connectivity index (χ1v) is 7.44. The van der Waals surface area contributed by atoms with Crippen LogP contribution in [0.25, 0.3) is 0 Å². The van der Waals surface area contributed by atoms with E-state index in [0.29, 0.717) is 10.7 Å². The number of hydrogen-bond acceptors (Lipinski definition) is 2. The van der Waals surface area contributed by atoms with Gasteiger partial charge in [-0.2, -0.15) is 0 Å². The Balaban J connectivity index is 2.11. The Kier molecular flexibility index (Phi) is 4.50. The molecule has 5 heteroatoms. The summed E-state index contributed by atoms with van der Waals surface area (Å²) in [5.41, 5.74) is 0.346. The van der Waals surface area contributed by atoms with Crippen LogP contribution in [0.5, 0.6) is 0 Å². The molecule has 2 N–H and O–H groups in total. The molecule has 18 heavy (non-hydrogen) atoms. The summed E-state index contributed by atoms with van der Waals surface area (Å²) in [6.07, 6.45) is 1.94. The van der Waals surface area contributed by atoms with Crippen LogP contribution in [0.3, 0.4) is 0 Å². The molecule has 1 unspecified atom stereocenters. The second-order valence-electron chi connectivity index (χ2n) is 4.92. The fourth-order valence-corrected chi connectivity index (χ4v) is 3.02. The monoisotopic (exact) mass is 378 g/mol. The van der Waals surface area contributed by atoms with E-state index < -0.39 is 0 Å². The summed E-state index contributed by atoms with van der Waals surface area (Å²) in [6.45, 7) is 3.71. The number of carbonyl (C=O) groups is 1. The molecule has 98 valence electrons. The maximum Gasteiger partial charge on any atom is 0.231 e. The molecule has 1 aliphatic rings. The van der Waals surface area contributed by atoms with Gasteiger partial charge in [-0.3, -0.25) is 4.79 Å². The summed E-state index contributed by atoms with van der Waals surface area (Å²) >= 11 is 8.32. The van der Waals surface area contributed by atoms with Crippen LogP contribution in [-0.2, 0) is 4.79 Å². The zero-order valence-corrected chi connectivity index (χ0v) is 13.1. The van der Waals surface area contributed by atoms with Crippen molar-refractivity contribution in [1.82, 2.24) is 5.32 Å². The zero-order chi connectivity index (χ0) is 13.2. The maximum absolute atomic E-state index is 12.3. The molecule has 0 bridgehead atoms. The standard InChI is InChI=1S/C13H16ClIN2O/c1-13(5-2-6-16-8-13)12(18)17-11-4-3-9(15)7-10(11)14/h3-4,7,16H,2,5-6,8H2,1H3,(H,17,18). The minimum Gasteiger partial charge on any atom is -0.324 e. The van der Waals surface area contributed by atoms with E-state index in [0.717, 1.165) is 29.5 Å². The summed E-state index contributed by atoms with van der Waals surface area (Å²) in [5.74, 6) is 0.0396. The van der Waals surface area contributed by atoms with Crippen LogP contribution in [-0.4, -0.2) is 19.0 Å². The molecule has 1 fully saturated rings. The zero-order valence-electron chi connectivity index (χ0n) is 10.2. The third-order valence-electron chi connectivity index (χ3n) is 3.32. The van der Waals surface area contributed by atoms with E-state index in [1.165, 1.54) is 0 Å². The van der Waals surface area contributed by atoms with Crippen molar-refractivity contribution in [2.75, 3.05) is 18.4 Å². The summed E-state index contributed by atoms with van der Waals surface area (Å²) in [5, 5.41) is 6.79. The predicted molar refractivity (Wildman–Crippen MR) is 83.0 cm³/mol. The second kappa shape index (κ2) is 5.75. The quantitative estimate of drug-likeness (QED) is 0.776. The topological polar surface area (TPSA) is 41.1 Å². The van der Waals surface area contributed by atoms with E-state index in [1.54, 1.807) is 0 Å². The number of carbonyl (C=O) groups excluding carboxylic acids is 1. The van der Waals surface area contributed by atoms with Crippen LogP contribution in [0.2, 0.25) is 5.02 Å². The van der Waals surface area contributed by atoms with Crippen molar-refractivity contribution < 1.29 is 4.79 Å². The lowest BCUT2D eigenvalue weighted by Gasteiger charge is -2.32. The fraction of sp³-hybridized carbons (Fsp3) is 0.462. The average Bonchev–Trinajstić information content (AvgIpc) is 2.33. The summed E-state index contributed by atoms with van der Waals surface area (Å²) in [6, 6.07) is 5.63. The van der Waals surface area contributed by atoms with E-state index in [1.807, 2.05) is 25.1 Å². The van der Waals surface area contributed by atoms with Crippen molar-refractivity contribution in [3.8, 4) is 0 Å². The first-order valence-electron chi connectivity index (χ1n) is 5.98. The Morgan fingerprint density at radius 2 is 2.33 bits per heavy atom. The average molecular weight is 379 g/mol. The highest BCUT2D eigenvalue weighted by Gasteiger charge is 2.34. The molecule has 0 radical (unpaired) electrons. The van der Waals surface area contributed by atoms with Gasteiger partial charge in [-0.25, -0.2) is 0 Å². The van der Waals surface area contributed by atoms with Crippen LogP contribution in [0.15, 0.2) is 18.2 Å². The lowest BCUT2D eigenvalue weighted by molar-refractivity contribution is -0.125. The fourth-order valence-electron chi connectivity index (χ4n) is 2.11. The highest BCUT2D eigenvalue weighted by atomic mass is 127. The molecule has 2 rings (SSSR count). The SMILES string of the molecule is CC1(C(=O)Nc2ccc(I)cc2Cl)CCCNC1. The normalized spacial score (nSPS) is 23.7. The second-order valence-corrected chi connectivity index (χ2v) is 6.57. The number of benzene rings is 1. The van der Waals surface area contributed by atoms with Gasteiger partial charge in [0.1, 0.15) is 0 Å². The van der Waals surface area contributed by atoms with Gasteiger partial charge in [-0.15, -0.1) is 0 Å². The predicted octanol–water partition coefficient (Wildman–Crippen LogP) is 3.27. The molecule has 0 saturated carbocycles. The van der Waals surface area contributed by atoms with E-state index in [-0.39, 0.29) is 11.3 Å². The van der Waals surface area contributed by atoms with E-state index in [2.05, 4.69) is 33.2 Å². The van der Waals surface area contributed by atoms with Crippen LogP contribution in [0.1, 0.15) is 19.8 Å². The summed E-state index contributed by atoms with van der Waals surface area (Å²) in [7, 11) is 0. The highest BCUT2D eigenvalue weighted by molar-refractivity contribution is 14.1. The molecule has 0 aromatic heterocycles. The van der Waals surface area contributed by atoms with Gasteiger partial charge in [0.25, 0.3) is 0 Å². The van der Waals surface area contributed by atoms with Crippen molar-refractivity contribution in [3.05, 3.63) is 26.8 Å². The Morgan fingerprint density at radius 3 is 2.94 bits per heavy atom. The maximum atomic E-state index is 12.3. The number of anilines is 1. The highest BCUT2D eigenvalue weighted by Crippen LogP contribution is 2.30. The van der Waals surface area contributed by atoms with Gasteiger partial charge in [0.2, 0.25) is 5.91 Å². The Bertz CT molecular complexity index is 458. The van der Waals surface area contributed by atoms with Crippen molar-refractivity contribution >= 4 is 45.8 Å². The van der Waals surface area contributed by atoms with E-state index in [9.17, 15) is 4.79 Å². The molecule has 1 heterocycles. The number of rotatable bonds is 2. The molecule has 1 amide bonds. The minimum absolute atomic E-state index is 0.0396. The molecule has 1 saturated heterocycles. The van der Waals surface area contributed by atoms with E-state index >= 15 is 0 Å². The van der Waals surface area contributed by atoms with Crippen molar-refractivity contribution in [1.29, 1.82) is 0 Å². The summed E-state index contributed by atoms with van der Waals surface area (Å²) in [4.78, 5) is 12.3. The van der Waals surface area contributed by atoms with Gasteiger partial charge in [0.05, 0.1) is 16.1 Å². The third-order valence-corrected chi connectivity index (χ3v) is 4.31. The van der Waals surface area contributed by atoms with Crippen LogP contribution in [0.4, 0.5) is 5.69 Å². The molecule has 1 aromatic carbocycles. The Labute approximate surface area is 126 Å². The number of nitrogens with one attached hydrogen (secondary N) is 2. The number of amides is 1. The lowest BCUT2D eigenvalue weighted by atomic mass is 9.82. The molecular weight excluding hydrogens is 363 g/mol. The van der Waals surface area contributed by atoms with Gasteiger partial charge < -0.3 is 10.6 Å². The van der Waals surface area contributed by atoms with Gasteiger partial charge in [0, 0.05) is 10.1 Å². The molecular formula is C13H16ClIN2O. The first-order chi connectivity index (χ1) is 8.51. The third kappa shape index (κ3) is 3.16. The largest absolute Gasteiger partial charge is 0.324 e. The molecule has 0 spiro atoms. The molecule has 1 atom stereocenters.